The van der Waals surface area contributed by atoms with Gasteiger partial charge in [-0.15, -0.1) is 0 Å². The third-order valence-electron chi connectivity index (χ3n) is 20.0. The first kappa shape index (κ1) is 72.1. The minimum atomic E-state index is -5.74. The number of rotatable bonds is 15. The van der Waals surface area contributed by atoms with Crippen LogP contribution in [0.3, 0.4) is 0 Å². The van der Waals surface area contributed by atoms with E-state index in [1.165, 1.54) is 13.8 Å². The van der Waals surface area contributed by atoms with Gasteiger partial charge >= 0.3 is 47.7 Å². The van der Waals surface area contributed by atoms with Gasteiger partial charge in [0, 0.05) is 12.3 Å². The lowest BCUT2D eigenvalue weighted by Gasteiger charge is -2.70. The molecule has 4 bridgehead atoms. The number of hydrogen-bond acceptors (Lipinski definition) is 15. The summed E-state index contributed by atoms with van der Waals surface area (Å²) in [4.78, 5) is 59.8. The van der Waals surface area contributed by atoms with E-state index in [4.69, 9.17) is 18.9 Å². The molecule has 474 valence electrons. The Kier molecular flexibility index (Phi) is 21.3. The van der Waals surface area contributed by atoms with Gasteiger partial charge in [-0.2, -0.15) is 22.0 Å². The van der Waals surface area contributed by atoms with Crippen molar-refractivity contribution in [1.29, 1.82) is 0 Å². The SMILES string of the molecule is CCC(C)(C)C(=O)OC1(C)CC(=O)OC1C.CCC(C)(C)C(=O)OC1(C)COC(O)(C(F)(F)F)C1(F)F.CCC(C)(C)C(=O)OC12CC3CC(C(C)(C)O)(C1)CC(C(C)(C)O)(C3)C2.CCC(C)(C)C(=O)OC1CCC(C(C)(C)O)CC1.[HH]. The highest BCUT2D eigenvalue weighted by molar-refractivity contribution is 5.79. The number of aliphatic hydroxyl groups is 4. The van der Waals surface area contributed by atoms with Crippen LogP contribution in [-0.4, -0.2) is 121 Å². The number of halogens is 5. The van der Waals surface area contributed by atoms with Crippen LogP contribution in [0.1, 0.15) is 243 Å². The number of cyclic esters (lactones) is 1. The summed E-state index contributed by atoms with van der Waals surface area (Å²) in [6, 6.07) is 0. The minimum absolute atomic E-state index is 0. The first-order valence-electron chi connectivity index (χ1n) is 29.2. The highest BCUT2D eigenvalue weighted by Gasteiger charge is 2.83. The van der Waals surface area contributed by atoms with Gasteiger partial charge in [0.2, 0.25) is 5.60 Å². The topological polar surface area (TPSA) is 222 Å². The summed E-state index contributed by atoms with van der Waals surface area (Å²) < 4.78 is 96.7. The Morgan fingerprint density at radius 2 is 1.01 bits per heavy atom. The van der Waals surface area contributed by atoms with Gasteiger partial charge in [-0.1, -0.05) is 27.7 Å². The first-order chi connectivity index (χ1) is 36.1. The normalized spacial score (nSPS) is 33.1. The van der Waals surface area contributed by atoms with Gasteiger partial charge < -0.3 is 48.8 Å². The molecule has 7 rings (SSSR count). The fraction of sp³-hybridized carbons (Fsp3) is 0.918. The minimum Gasteiger partial charge on any atom is -0.462 e. The van der Waals surface area contributed by atoms with Crippen LogP contribution in [0.25, 0.3) is 0 Å². The maximum atomic E-state index is 14.0. The second-order valence-corrected chi connectivity index (χ2v) is 29.4. The van der Waals surface area contributed by atoms with Crippen LogP contribution in [0.15, 0.2) is 0 Å². The molecule has 0 aromatic carbocycles. The van der Waals surface area contributed by atoms with Crippen LogP contribution in [-0.2, 0) is 52.4 Å². The van der Waals surface area contributed by atoms with E-state index in [0.29, 0.717) is 38.0 Å². The van der Waals surface area contributed by atoms with E-state index in [0.717, 1.165) is 64.2 Å². The summed E-state index contributed by atoms with van der Waals surface area (Å²) >= 11 is 0. The molecular formula is C61H105F5O15. The van der Waals surface area contributed by atoms with Gasteiger partial charge in [0.1, 0.15) is 17.8 Å². The molecule has 2 aliphatic heterocycles. The molecule has 15 nitrogen and oxygen atoms in total. The Morgan fingerprint density at radius 1 is 0.617 bits per heavy atom. The fourth-order valence-corrected chi connectivity index (χ4v) is 11.7. The van der Waals surface area contributed by atoms with Crippen LogP contribution in [0, 0.1) is 44.3 Å². The average molecular weight is 1170 g/mol. The molecule has 2 saturated heterocycles. The quantitative estimate of drug-likeness (QED) is 0.0680. The van der Waals surface area contributed by atoms with Gasteiger partial charge in [-0.25, -0.2) is 0 Å². The van der Waals surface area contributed by atoms with Crippen molar-refractivity contribution in [1.82, 2.24) is 0 Å². The molecule has 6 atom stereocenters. The smallest absolute Gasteiger partial charge is 0.449 e. The molecule has 4 N–H and O–H groups in total. The van der Waals surface area contributed by atoms with E-state index in [1.807, 2.05) is 104 Å². The molecule has 0 aromatic heterocycles. The van der Waals surface area contributed by atoms with Crippen LogP contribution in [0.5, 0.6) is 0 Å². The number of carbonyl (C=O) groups is 5. The van der Waals surface area contributed by atoms with Crippen molar-refractivity contribution < 1.29 is 96.2 Å². The molecule has 0 spiro atoms. The number of hydrogen-bond donors (Lipinski definition) is 4. The third kappa shape index (κ3) is 15.3. The van der Waals surface area contributed by atoms with Gasteiger partial charge in [0.25, 0.3) is 0 Å². The van der Waals surface area contributed by atoms with E-state index in [1.54, 1.807) is 20.8 Å². The first-order valence-corrected chi connectivity index (χ1v) is 29.2. The second-order valence-electron chi connectivity index (χ2n) is 29.4. The van der Waals surface area contributed by atoms with Gasteiger partial charge in [-0.3, -0.25) is 24.0 Å². The van der Waals surface area contributed by atoms with Gasteiger partial charge in [-0.05, 0) is 219 Å². The molecule has 7 aliphatic rings. The lowest BCUT2D eigenvalue weighted by atomic mass is 9.37. The standard InChI is InChI=1S/C22H38O4.C15H28O3.C12H17F5O4.C12H20O4.H2/c1-8-17(2,3)16(23)26-22-11-15-9-20(13-22,18(4,5)24)12-21(10-15,14-22)19(6,7)25;1-6-14(2,3)13(16)18-12-9-7-11(8-10-12)15(4,5)17;1-5-8(2,3)7(18)21-9(4)6-20-11(19,10(9,13)14)12(15,16)17;1-6-11(3,4)10(14)16-12(5)7-9(13)15-8(12)2;/h15,24-25H,8-14H2,1-7H3;11-12,17H,6-10H2,1-5H3;19H,5-6H2,1-4H3;8H,6-7H2,1-5H3;1H. The largest absolute Gasteiger partial charge is 0.462 e. The predicted molar refractivity (Wildman–Crippen MR) is 295 cm³/mol. The van der Waals surface area contributed by atoms with Crippen LogP contribution in [0.2, 0.25) is 0 Å². The Balaban J connectivity index is 0.000000378. The van der Waals surface area contributed by atoms with Crippen molar-refractivity contribution >= 4 is 29.8 Å². The summed E-state index contributed by atoms with van der Waals surface area (Å²) in [6.07, 6.45) is 5.19. The second kappa shape index (κ2) is 23.9. The van der Waals surface area contributed by atoms with E-state index in [2.05, 4.69) is 9.47 Å². The highest BCUT2D eigenvalue weighted by Crippen LogP contribution is 2.72. The molecule has 0 aromatic rings. The van der Waals surface area contributed by atoms with Crippen molar-refractivity contribution in [3.8, 4) is 0 Å². The van der Waals surface area contributed by atoms with Crippen LogP contribution in [0.4, 0.5) is 22.0 Å². The Morgan fingerprint density at radius 3 is 1.36 bits per heavy atom. The van der Waals surface area contributed by atoms with Crippen molar-refractivity contribution in [2.45, 2.75) is 305 Å². The molecule has 0 amide bonds. The summed E-state index contributed by atoms with van der Waals surface area (Å²) in [6.45, 7) is 35.9. The zero-order valence-corrected chi connectivity index (χ0v) is 52.8. The van der Waals surface area contributed by atoms with Crippen LogP contribution >= 0.6 is 0 Å². The molecule has 81 heavy (non-hydrogen) atoms. The molecule has 5 aliphatic carbocycles. The zero-order chi connectivity index (χ0) is 63.3. The van der Waals surface area contributed by atoms with E-state index >= 15 is 0 Å². The number of esters is 5. The summed E-state index contributed by atoms with van der Waals surface area (Å²) in [5.74, 6) is -10.7. The van der Waals surface area contributed by atoms with Crippen LogP contribution < -0.4 is 0 Å². The fourth-order valence-electron chi connectivity index (χ4n) is 11.7. The summed E-state index contributed by atoms with van der Waals surface area (Å²) in [7, 11) is 0. The molecule has 5 saturated carbocycles. The van der Waals surface area contributed by atoms with Crippen molar-refractivity contribution in [3.63, 3.8) is 0 Å². The molecule has 20 heteroatoms. The molecule has 2 heterocycles. The number of ether oxygens (including phenoxy) is 6. The third-order valence-corrected chi connectivity index (χ3v) is 20.0. The van der Waals surface area contributed by atoms with E-state index in [-0.39, 0.29) is 66.6 Å². The van der Waals surface area contributed by atoms with Gasteiger partial charge in [0.15, 0.2) is 5.60 Å². The molecule has 7 fully saturated rings. The Bertz CT molecular complexity index is 2210. The van der Waals surface area contributed by atoms with Crippen molar-refractivity contribution in [3.05, 3.63) is 0 Å². The predicted octanol–water partition coefficient (Wildman–Crippen LogP) is 12.5. The Labute approximate surface area is 481 Å². The van der Waals surface area contributed by atoms with Crippen molar-refractivity contribution in [2.24, 2.45) is 44.3 Å². The molecule has 6 unspecified atom stereocenters. The Hall–Kier alpha value is -3.20. The number of carbonyl (C=O) groups excluding carboxylic acids is 5. The number of alkyl halides is 5. The lowest BCUT2D eigenvalue weighted by molar-refractivity contribution is -0.409. The monoisotopic (exact) mass is 1170 g/mol. The van der Waals surface area contributed by atoms with Crippen molar-refractivity contribution in [2.75, 3.05) is 6.61 Å². The van der Waals surface area contributed by atoms with Gasteiger partial charge in [0.05, 0.1) is 51.5 Å². The van der Waals surface area contributed by atoms with E-state index in [9.17, 15) is 66.4 Å². The highest BCUT2D eigenvalue weighted by atomic mass is 19.4. The molecular weight excluding hydrogens is 1070 g/mol. The average Bonchev–Trinajstić information content (AvgIpc) is 3.68. The summed E-state index contributed by atoms with van der Waals surface area (Å²) in [5, 5.41) is 41.3. The summed E-state index contributed by atoms with van der Waals surface area (Å²) in [5.41, 5.74) is -9.79. The maximum Gasteiger partial charge on any atom is 0.449 e. The lowest BCUT2D eigenvalue weighted by Crippen LogP contribution is -2.70. The molecule has 0 radical (unpaired) electrons. The maximum absolute atomic E-state index is 14.0. The zero-order valence-electron chi connectivity index (χ0n) is 52.8. The van der Waals surface area contributed by atoms with E-state index < -0.39 is 80.3 Å².